The third kappa shape index (κ3) is 24.7. The smallest absolute Gasteiger partial charge is 0.430 e. The van der Waals surface area contributed by atoms with Crippen molar-refractivity contribution in [3.8, 4) is 22.5 Å². The Balaban J connectivity index is 0.000000789. The van der Waals surface area contributed by atoms with E-state index in [9.17, 15) is 75.3 Å². The van der Waals surface area contributed by atoms with Gasteiger partial charge in [0.25, 0.3) is 0 Å². The van der Waals surface area contributed by atoms with Crippen LogP contribution in [0.3, 0.4) is 0 Å². The number of aryl methyl sites for hydroxylation is 1. The number of benzene rings is 4. The lowest BCUT2D eigenvalue weighted by molar-refractivity contribution is -0.884. The number of fused-ring (bicyclic) bond motifs is 2. The summed E-state index contributed by atoms with van der Waals surface area (Å²) in [7, 11) is -3.97. The summed E-state index contributed by atoms with van der Waals surface area (Å²) < 4.78 is 180. The van der Waals surface area contributed by atoms with E-state index in [0.29, 0.717) is 45.2 Å². The van der Waals surface area contributed by atoms with Gasteiger partial charge in [-0.15, -0.1) is 0 Å². The predicted octanol–water partition coefficient (Wildman–Crippen LogP) is 0.502. The molecule has 103 heavy (non-hydrogen) atoms. The summed E-state index contributed by atoms with van der Waals surface area (Å²) in [4.78, 5) is 71.3. The third-order valence-electron chi connectivity index (χ3n) is 16.3. The number of thiazole rings is 1. The maximum Gasteiger partial charge on any atom is 0.430 e. The van der Waals surface area contributed by atoms with Crippen molar-refractivity contribution in [3.05, 3.63) is 125 Å². The van der Waals surface area contributed by atoms with Gasteiger partial charge in [0.1, 0.15) is 88.7 Å². The van der Waals surface area contributed by atoms with E-state index in [1.54, 1.807) is 17.0 Å². The molecule has 3 aromatic carbocycles. The Kier molecular flexibility index (Phi) is 30.1. The molecular weight excluding hydrogens is 1440 g/mol. The lowest BCUT2D eigenvalue weighted by Crippen LogP contribution is -3.10. The number of sulfonamides is 1. The third-order valence-corrected chi connectivity index (χ3v) is 19.5. The van der Waals surface area contributed by atoms with Gasteiger partial charge >= 0.3 is 23.7 Å². The molecule has 1 aliphatic carbocycles. The summed E-state index contributed by atoms with van der Waals surface area (Å²) in [5.41, 5.74) is 10.9. The van der Waals surface area contributed by atoms with E-state index in [1.165, 1.54) is 28.4 Å². The van der Waals surface area contributed by atoms with Crippen LogP contribution in [-0.2, 0) is 82.4 Å². The van der Waals surface area contributed by atoms with Crippen LogP contribution in [0.5, 0.6) is 0 Å². The lowest BCUT2D eigenvalue weighted by atomic mass is 9.93. The number of alkyl halides is 9. The van der Waals surface area contributed by atoms with Crippen LogP contribution in [-0.4, -0.2) is 151 Å². The number of halogens is 9. The van der Waals surface area contributed by atoms with Crippen molar-refractivity contribution in [1.29, 1.82) is 0 Å². The highest BCUT2D eigenvalue weighted by molar-refractivity contribution is 7.89. The van der Waals surface area contributed by atoms with E-state index in [-0.39, 0.29) is 56.2 Å². The number of piperidine rings is 1. The number of amides is 3. The minimum absolute atomic E-state index is 0.0197. The van der Waals surface area contributed by atoms with Gasteiger partial charge in [0.15, 0.2) is 0 Å². The first-order valence-corrected chi connectivity index (χ1v) is 35.6. The number of carbonyl (C=O) groups is 6. The van der Waals surface area contributed by atoms with Crippen molar-refractivity contribution in [2.24, 2.45) is 14.1 Å². The largest absolute Gasteiger partial charge is 0.744 e. The van der Waals surface area contributed by atoms with Gasteiger partial charge in [-0.3, -0.25) is 20.1 Å². The Labute approximate surface area is 590 Å². The summed E-state index contributed by atoms with van der Waals surface area (Å²) >= 11 is 1.28. The van der Waals surface area contributed by atoms with Crippen LogP contribution in [0.15, 0.2) is 117 Å². The van der Waals surface area contributed by atoms with Gasteiger partial charge in [0, 0.05) is 90.2 Å². The number of aromatic nitrogens is 3. The van der Waals surface area contributed by atoms with Gasteiger partial charge < -0.3 is 64.4 Å². The minimum atomic E-state index is -5.29. The van der Waals surface area contributed by atoms with Crippen LogP contribution in [0.1, 0.15) is 76.8 Å². The molecule has 1 saturated heterocycles. The Bertz CT molecular complexity index is 4320. The second-order valence-corrected chi connectivity index (χ2v) is 27.5. The molecule has 26 nitrogen and oxygen atoms in total. The van der Waals surface area contributed by atoms with Gasteiger partial charge in [0.05, 0.1) is 56.5 Å². The van der Waals surface area contributed by atoms with E-state index in [1.807, 2.05) is 123 Å². The second-order valence-electron chi connectivity index (χ2n) is 23.5. The molecule has 7 N–H and O–H groups in total. The van der Waals surface area contributed by atoms with E-state index < -0.39 is 90.3 Å². The number of hydrogen-bond donors (Lipinski definition) is 6. The molecule has 2 aromatic heterocycles. The molecule has 5 aromatic rings. The molecule has 564 valence electrons. The molecule has 2 aliphatic heterocycles. The number of hydrogen-bond acceptors (Lipinski definition) is 18. The van der Waals surface area contributed by atoms with Crippen LogP contribution in [0.25, 0.3) is 33.4 Å². The highest BCUT2D eigenvalue weighted by Gasteiger charge is 2.34. The normalized spacial score (nSPS) is 14.7. The first-order valence-electron chi connectivity index (χ1n) is 31.8. The van der Waals surface area contributed by atoms with Crippen molar-refractivity contribution in [2.75, 3.05) is 63.5 Å². The number of carboxylic acid groups (broad SMARTS) is 3. The van der Waals surface area contributed by atoms with Gasteiger partial charge in [-0.25, -0.2) is 39.8 Å². The SMILES string of the molecule is CCN(CC)c1ccc2c(-c3ccc(S(=O)(=O)NCCCC[C@H](NC(=O)Cc4csc(N)[n+]4C)C(=O)N[C@@H](Cc4c[n+](Cc5ccccc5)cn4C)C(=O)NC4CC[NH+](C)CC4)cc3S(=O)(=O)[O-])c3ccc(=[N+](CC)CC)cc-3oc2c1.O=C([O-])C(F)(F)F.O=C([O-])C(F)(F)F.O=C([O-])C(F)(F)F. The van der Waals surface area contributed by atoms with Gasteiger partial charge in [-0.05, 0) is 82.9 Å². The number of aliphatic carboxylic acids is 3. The summed E-state index contributed by atoms with van der Waals surface area (Å²) in [5.74, 6) is -9.96. The van der Waals surface area contributed by atoms with Crippen molar-refractivity contribution < 1.29 is 123 Å². The quantitative estimate of drug-likeness (QED) is 0.0149. The number of nitrogen functional groups attached to an aromatic ring is 1. The highest BCUT2D eigenvalue weighted by atomic mass is 32.2. The van der Waals surface area contributed by atoms with Crippen molar-refractivity contribution in [2.45, 2.75) is 126 Å². The number of nitrogens with two attached hydrogens (primary N) is 1. The van der Waals surface area contributed by atoms with Crippen molar-refractivity contribution in [3.63, 3.8) is 0 Å². The summed E-state index contributed by atoms with van der Waals surface area (Å²) in [6, 6.07) is 22.5. The second kappa shape index (κ2) is 36.8. The van der Waals surface area contributed by atoms with Crippen LogP contribution in [0, 0.1) is 0 Å². The molecule has 4 heterocycles. The van der Waals surface area contributed by atoms with E-state index >= 15 is 0 Å². The molecule has 0 radical (unpaired) electrons. The zero-order valence-corrected chi connectivity index (χ0v) is 59.2. The van der Waals surface area contributed by atoms with Gasteiger partial charge in [-0.1, -0.05) is 47.7 Å². The summed E-state index contributed by atoms with van der Waals surface area (Å²) in [6.07, 6.45) is -9.58. The number of imidazole rings is 1. The van der Waals surface area contributed by atoms with Crippen molar-refractivity contribution in [1.82, 2.24) is 29.8 Å². The number of unbranched alkanes of at least 4 members (excludes halogenated alkanes) is 1. The molecule has 8 rings (SSSR count). The van der Waals surface area contributed by atoms with Crippen LogP contribution >= 0.6 is 11.3 Å². The fourth-order valence-electron chi connectivity index (χ4n) is 10.8. The summed E-state index contributed by atoms with van der Waals surface area (Å²) in [6.45, 7) is 13.3. The molecule has 38 heteroatoms. The molecule has 0 saturated carbocycles. The number of quaternary nitrogens is 1. The average Bonchev–Trinajstić information content (AvgIpc) is 1.16. The lowest BCUT2D eigenvalue weighted by Gasteiger charge is -2.29. The zero-order valence-electron chi connectivity index (χ0n) is 56.7. The topological polar surface area (TPSA) is 374 Å². The number of nitrogens with one attached hydrogen (secondary N) is 5. The first-order chi connectivity index (χ1) is 48.0. The van der Waals surface area contributed by atoms with Crippen LogP contribution in [0.2, 0.25) is 0 Å². The molecule has 0 unspecified atom stereocenters. The number of likely N-dealkylation sites (tertiary alicyclic amines) is 1. The minimum Gasteiger partial charge on any atom is -0.744 e. The average molecular weight is 1520 g/mol. The molecular formula is C65H78F9N11O15S3. The standard InChI is InChI=1S/C59H75N11O9S3.3C2HF3O2/c1-8-69(9-2)42-20-23-47-52(32-42)79-53-33-43(70(10-3)11-4)21-24-48(53)56(47)49-25-22-46(35-54(49)82(76,77)78)81(74,75)61-28-16-15-19-50(63-55(71)34-45-38-80-59(60)67(45)7)57(72)64-51(58(73)62-41-26-29-65(5)30-27-41)31-44-37-68(39-66(44)6)36-40-17-13-12-14-18-40;3*3-2(4,5)1(6)7/h12-14,17-18,20-25,32-33,35,37-39,41,50-51,60-61H,8-11,15-16,19,26-31,34,36H2,1-7H3,(H2-2,62,63,64,71,72,73,76,77,78);3*(H,6,7)/t50-,51-;;;/m0.../s1. The molecule has 0 bridgehead atoms. The van der Waals surface area contributed by atoms with Gasteiger partial charge in [-0.2, -0.15) is 39.5 Å². The fraction of sp³-hybridized carbons (Fsp3) is 0.431. The molecule has 3 aliphatic rings. The van der Waals surface area contributed by atoms with E-state index in [2.05, 4.69) is 37.2 Å². The molecule has 1 fully saturated rings. The number of carbonyl (C=O) groups excluding carboxylic acids is 6. The molecule has 3 amide bonds. The van der Waals surface area contributed by atoms with Gasteiger partial charge in [0.2, 0.25) is 39.4 Å². The summed E-state index contributed by atoms with van der Waals surface area (Å²) in [5, 5.41) is 39.1. The van der Waals surface area contributed by atoms with Crippen LogP contribution in [0.4, 0.5) is 50.3 Å². The predicted molar refractivity (Wildman–Crippen MR) is 348 cm³/mol. The first kappa shape index (κ1) is 84.4. The Morgan fingerprint density at radius 1 is 0.777 bits per heavy atom. The Morgan fingerprint density at radius 2 is 1.36 bits per heavy atom. The highest BCUT2D eigenvalue weighted by Crippen LogP contribution is 2.43. The number of anilines is 2. The van der Waals surface area contributed by atoms with Crippen molar-refractivity contribution >= 4 is 88.9 Å². The number of rotatable bonds is 25. The Hall–Kier alpha value is -9.24. The monoisotopic (exact) mass is 1520 g/mol. The molecule has 0 spiro atoms. The number of nitrogens with zero attached hydrogens (tertiary/aromatic N) is 5. The zero-order chi connectivity index (χ0) is 77.1. The maximum atomic E-state index is 14.6. The van der Waals surface area contributed by atoms with Crippen LogP contribution < -0.4 is 70.6 Å². The molecule has 2 atom stereocenters. The van der Waals surface area contributed by atoms with E-state index in [4.69, 9.17) is 39.9 Å². The number of carboxylic acids is 3. The Morgan fingerprint density at radius 3 is 1.89 bits per heavy atom. The van der Waals surface area contributed by atoms with E-state index in [0.717, 1.165) is 80.5 Å². The fourth-order valence-corrected chi connectivity index (χ4v) is 13.4. The maximum absolute atomic E-state index is 14.6.